The summed E-state index contributed by atoms with van der Waals surface area (Å²) in [4.78, 5) is 0. The van der Waals surface area contributed by atoms with Gasteiger partial charge in [-0.1, -0.05) is 84.9 Å². The van der Waals surface area contributed by atoms with Gasteiger partial charge in [0.1, 0.15) is 0 Å². The monoisotopic (exact) mass is 311 g/mol. The van der Waals surface area contributed by atoms with Crippen molar-refractivity contribution in [3.63, 3.8) is 0 Å². The first-order valence-electron chi connectivity index (χ1n) is 8.17. The Hall–Kier alpha value is -3.06. The molecule has 24 heavy (non-hydrogen) atoms. The van der Waals surface area contributed by atoms with Crippen LogP contribution in [0.2, 0.25) is 0 Å². The van der Waals surface area contributed by atoms with Crippen LogP contribution in [-0.4, -0.2) is 0 Å². The van der Waals surface area contributed by atoms with E-state index in [0.29, 0.717) is 0 Å². The fraction of sp³-hybridized carbons (Fsp3) is 0.0435. The smallest absolute Gasteiger partial charge is 0.0390 e. The highest BCUT2D eigenvalue weighted by atomic mass is 14.9. The van der Waals surface area contributed by atoms with Crippen LogP contribution >= 0.6 is 0 Å². The van der Waals surface area contributed by atoms with Gasteiger partial charge in [0.25, 0.3) is 0 Å². The third-order valence-corrected chi connectivity index (χ3v) is 3.82. The van der Waals surface area contributed by atoms with Gasteiger partial charge in [0.2, 0.25) is 0 Å². The molecule has 0 saturated heterocycles. The van der Waals surface area contributed by atoms with E-state index < -0.39 is 0 Å². The van der Waals surface area contributed by atoms with Crippen LogP contribution in [0.25, 0.3) is 17.2 Å². The summed E-state index contributed by atoms with van der Waals surface area (Å²) in [5.41, 5.74) is 5.79. The summed E-state index contributed by atoms with van der Waals surface area (Å²) >= 11 is 0. The molecular weight excluding hydrogens is 290 g/mol. The van der Waals surface area contributed by atoms with E-state index in [9.17, 15) is 0 Å². The molecule has 1 heteroatoms. The van der Waals surface area contributed by atoms with Crippen molar-refractivity contribution in [2.24, 2.45) is 0 Å². The quantitative estimate of drug-likeness (QED) is 0.539. The maximum absolute atomic E-state index is 3.48. The van der Waals surface area contributed by atoms with E-state index in [1.54, 1.807) is 0 Å². The topological polar surface area (TPSA) is 12.0 Å². The predicted molar refractivity (Wildman–Crippen MR) is 105 cm³/mol. The van der Waals surface area contributed by atoms with E-state index in [4.69, 9.17) is 0 Å². The summed E-state index contributed by atoms with van der Waals surface area (Å²) in [5.74, 6) is 0. The molecule has 0 radical (unpaired) electrons. The van der Waals surface area contributed by atoms with Gasteiger partial charge in [-0.15, -0.1) is 0 Å². The van der Waals surface area contributed by atoms with Gasteiger partial charge in [-0.05, 0) is 41.8 Å². The van der Waals surface area contributed by atoms with Crippen molar-refractivity contribution in [3.05, 3.63) is 108 Å². The second-order valence-corrected chi connectivity index (χ2v) is 5.56. The van der Waals surface area contributed by atoms with Gasteiger partial charge in [0.05, 0.1) is 0 Å². The number of allylic oxidation sites excluding steroid dienone is 2. The van der Waals surface area contributed by atoms with Gasteiger partial charge in [-0.3, -0.25) is 0 Å². The molecule has 1 nitrogen and oxygen atoms in total. The van der Waals surface area contributed by atoms with E-state index >= 15 is 0 Å². The van der Waals surface area contributed by atoms with Crippen LogP contribution in [0.5, 0.6) is 0 Å². The minimum Gasteiger partial charge on any atom is -0.356 e. The maximum Gasteiger partial charge on any atom is 0.0390 e. The zero-order valence-electron chi connectivity index (χ0n) is 13.8. The molecular formula is C23H21N. The summed E-state index contributed by atoms with van der Waals surface area (Å²) in [6, 6.07) is 29.2. The molecule has 0 heterocycles. The lowest BCUT2D eigenvalue weighted by Crippen LogP contribution is -1.96. The molecule has 0 aliphatic carbocycles. The first-order valence-corrected chi connectivity index (χ1v) is 8.17. The lowest BCUT2D eigenvalue weighted by Gasteiger charge is -2.09. The van der Waals surface area contributed by atoms with Crippen molar-refractivity contribution in [1.82, 2.24) is 0 Å². The maximum atomic E-state index is 3.48. The third-order valence-electron chi connectivity index (χ3n) is 3.82. The first-order chi connectivity index (χ1) is 11.8. The average Bonchev–Trinajstić information content (AvgIpc) is 2.67. The predicted octanol–water partition coefficient (Wildman–Crippen LogP) is 6.38. The Morgan fingerprint density at radius 2 is 1.42 bits per heavy atom. The Morgan fingerprint density at radius 3 is 2.12 bits per heavy atom. The largest absolute Gasteiger partial charge is 0.356 e. The zero-order chi connectivity index (χ0) is 16.6. The second kappa shape index (κ2) is 7.98. The molecule has 0 spiro atoms. The number of hydrogen-bond donors (Lipinski definition) is 1. The number of rotatable bonds is 5. The summed E-state index contributed by atoms with van der Waals surface area (Å²) in [6.45, 7) is 2.04. The highest BCUT2D eigenvalue weighted by Gasteiger charge is 1.99. The van der Waals surface area contributed by atoms with Crippen molar-refractivity contribution >= 4 is 11.8 Å². The van der Waals surface area contributed by atoms with Crippen molar-refractivity contribution in [2.45, 2.75) is 6.92 Å². The van der Waals surface area contributed by atoms with Gasteiger partial charge < -0.3 is 5.32 Å². The summed E-state index contributed by atoms with van der Waals surface area (Å²) < 4.78 is 0. The zero-order valence-corrected chi connectivity index (χ0v) is 13.8. The van der Waals surface area contributed by atoms with Crippen molar-refractivity contribution < 1.29 is 0 Å². The van der Waals surface area contributed by atoms with E-state index in [2.05, 4.69) is 84.2 Å². The molecule has 1 N–H and O–H groups in total. The minimum atomic E-state index is 1.07. The van der Waals surface area contributed by atoms with Gasteiger partial charge in [-0.25, -0.2) is 0 Å². The van der Waals surface area contributed by atoms with E-state index in [0.717, 1.165) is 11.4 Å². The molecule has 0 aromatic heterocycles. The Bertz CT molecular complexity index is 830. The van der Waals surface area contributed by atoms with Crippen molar-refractivity contribution in [1.29, 1.82) is 0 Å². The normalized spacial score (nSPS) is 11.6. The van der Waals surface area contributed by atoms with Gasteiger partial charge in [0.15, 0.2) is 0 Å². The van der Waals surface area contributed by atoms with Crippen LogP contribution in [0.1, 0.15) is 12.5 Å². The summed E-state index contributed by atoms with van der Waals surface area (Å²) in [5, 5.41) is 3.48. The van der Waals surface area contributed by atoms with E-state index in [1.807, 2.05) is 31.2 Å². The second-order valence-electron chi connectivity index (χ2n) is 5.56. The Kier molecular flexibility index (Phi) is 5.26. The average molecular weight is 311 g/mol. The molecule has 118 valence electrons. The lowest BCUT2D eigenvalue weighted by molar-refractivity contribution is 1.45. The molecule has 0 amide bonds. The molecule has 3 rings (SSSR count). The molecule has 0 unspecified atom stereocenters. The standard InChI is InChI=1S/C23H21N/c1-2-22(17-16-19-10-5-3-6-11-19)24-23-15-9-14-21(18-23)20-12-7-4-8-13-20/h2-18,24H,1H3/b17-16+,22-2+. The molecule has 3 aromatic carbocycles. The molecule has 0 saturated carbocycles. The van der Waals surface area contributed by atoms with Gasteiger partial charge in [0, 0.05) is 11.4 Å². The van der Waals surface area contributed by atoms with Crippen molar-refractivity contribution in [3.8, 4) is 11.1 Å². The minimum absolute atomic E-state index is 1.07. The third kappa shape index (κ3) is 4.23. The van der Waals surface area contributed by atoms with Crippen LogP contribution in [0, 0.1) is 0 Å². The van der Waals surface area contributed by atoms with Gasteiger partial charge in [-0.2, -0.15) is 0 Å². The molecule has 0 atom stereocenters. The summed E-state index contributed by atoms with van der Waals surface area (Å²) in [7, 11) is 0. The molecule has 0 aliphatic rings. The number of nitrogens with one attached hydrogen (secondary N) is 1. The first kappa shape index (κ1) is 15.8. The van der Waals surface area contributed by atoms with Crippen LogP contribution < -0.4 is 5.32 Å². The summed E-state index contributed by atoms with van der Waals surface area (Å²) in [6.07, 6.45) is 6.29. The SMILES string of the molecule is C/C=C(\C=C\c1ccccc1)Nc1cccc(-c2ccccc2)c1. The highest BCUT2D eigenvalue weighted by molar-refractivity contribution is 5.69. The molecule has 3 aromatic rings. The van der Waals surface area contributed by atoms with E-state index in [-0.39, 0.29) is 0 Å². The van der Waals surface area contributed by atoms with Crippen LogP contribution in [0.4, 0.5) is 5.69 Å². The van der Waals surface area contributed by atoms with Crippen LogP contribution in [0.15, 0.2) is 103 Å². The Morgan fingerprint density at radius 1 is 0.750 bits per heavy atom. The fourth-order valence-corrected chi connectivity index (χ4v) is 2.53. The molecule has 0 aliphatic heterocycles. The highest BCUT2D eigenvalue weighted by Crippen LogP contribution is 2.23. The number of hydrogen-bond acceptors (Lipinski definition) is 1. The van der Waals surface area contributed by atoms with Crippen LogP contribution in [0.3, 0.4) is 0 Å². The fourth-order valence-electron chi connectivity index (χ4n) is 2.53. The number of anilines is 1. The van der Waals surface area contributed by atoms with Crippen molar-refractivity contribution in [2.75, 3.05) is 5.32 Å². The molecule has 0 fully saturated rings. The number of benzene rings is 3. The lowest BCUT2D eigenvalue weighted by atomic mass is 10.1. The molecule has 0 bridgehead atoms. The Balaban J connectivity index is 1.76. The van der Waals surface area contributed by atoms with Gasteiger partial charge >= 0.3 is 0 Å². The Labute approximate surface area is 144 Å². The van der Waals surface area contributed by atoms with E-state index in [1.165, 1.54) is 16.7 Å². The van der Waals surface area contributed by atoms with Crippen LogP contribution in [-0.2, 0) is 0 Å².